The molecule has 0 saturated heterocycles. The summed E-state index contributed by atoms with van der Waals surface area (Å²) in [7, 11) is 1.70. The van der Waals surface area contributed by atoms with Crippen molar-refractivity contribution in [3.8, 4) is 11.5 Å². The van der Waals surface area contributed by atoms with Crippen LogP contribution in [0.2, 0.25) is 5.02 Å². The molecular weight excluding hydrogens is 358 g/mol. The first-order valence-electron chi connectivity index (χ1n) is 8.07. The van der Waals surface area contributed by atoms with Crippen LogP contribution in [0, 0.1) is 5.92 Å². The van der Waals surface area contributed by atoms with E-state index in [9.17, 15) is 9.59 Å². The van der Waals surface area contributed by atoms with Gasteiger partial charge >= 0.3 is 5.97 Å². The Labute approximate surface area is 155 Å². The van der Waals surface area contributed by atoms with Crippen LogP contribution >= 0.6 is 11.6 Å². The quantitative estimate of drug-likeness (QED) is 0.869. The summed E-state index contributed by atoms with van der Waals surface area (Å²) in [6.07, 6.45) is 0.568. The zero-order chi connectivity index (χ0) is 18.7. The fraction of sp³-hybridized carbons (Fsp3) is 0.263. The molecule has 1 amide bonds. The van der Waals surface area contributed by atoms with Gasteiger partial charge in [0, 0.05) is 17.8 Å². The number of carbonyl (C=O) groups is 2. The maximum atomic E-state index is 12.8. The molecule has 0 fully saturated rings. The second kappa shape index (κ2) is 7.66. The van der Waals surface area contributed by atoms with E-state index in [2.05, 4.69) is 0 Å². The van der Waals surface area contributed by atoms with Gasteiger partial charge < -0.3 is 19.5 Å². The standard InChI is InChI=1S/C19H18ClNO5/c1-21(15-3-5-16(6-4-15)25-11-18(22)23)19(24)13-8-12-9-14(20)2-7-17(12)26-10-13/h2-7,9,13H,8,10-11H2,1H3,(H,22,23). The zero-order valence-corrected chi connectivity index (χ0v) is 14.9. The minimum atomic E-state index is -1.04. The molecule has 1 aliphatic heterocycles. The molecule has 2 aromatic rings. The molecule has 0 aliphatic carbocycles. The van der Waals surface area contributed by atoms with Crippen LogP contribution in [0.4, 0.5) is 5.69 Å². The second-order valence-corrected chi connectivity index (χ2v) is 6.47. The van der Waals surface area contributed by atoms with Gasteiger partial charge in [-0.1, -0.05) is 11.6 Å². The van der Waals surface area contributed by atoms with Gasteiger partial charge in [-0.3, -0.25) is 4.79 Å². The van der Waals surface area contributed by atoms with Crippen molar-refractivity contribution in [1.29, 1.82) is 0 Å². The topological polar surface area (TPSA) is 76.1 Å². The molecule has 0 radical (unpaired) electrons. The lowest BCUT2D eigenvalue weighted by molar-refractivity contribution is -0.139. The number of aliphatic carboxylic acids is 1. The molecular formula is C19H18ClNO5. The number of carboxylic acids is 1. The van der Waals surface area contributed by atoms with E-state index in [0.717, 1.165) is 11.3 Å². The minimum absolute atomic E-state index is 0.0603. The van der Waals surface area contributed by atoms with E-state index < -0.39 is 12.6 Å². The van der Waals surface area contributed by atoms with Gasteiger partial charge in [-0.25, -0.2) is 4.79 Å². The number of anilines is 1. The normalized spacial score (nSPS) is 15.5. The number of halogens is 1. The van der Waals surface area contributed by atoms with Crippen LogP contribution in [-0.2, 0) is 16.0 Å². The SMILES string of the molecule is CN(C(=O)C1COc2ccc(Cl)cc2C1)c1ccc(OCC(=O)O)cc1. The molecule has 0 aromatic heterocycles. The third-order valence-electron chi connectivity index (χ3n) is 4.20. The van der Waals surface area contributed by atoms with Gasteiger partial charge in [-0.15, -0.1) is 0 Å². The molecule has 1 atom stereocenters. The molecule has 1 aliphatic rings. The number of rotatable bonds is 5. The molecule has 1 unspecified atom stereocenters. The van der Waals surface area contributed by atoms with Gasteiger partial charge in [0.25, 0.3) is 0 Å². The fourth-order valence-corrected chi connectivity index (χ4v) is 3.03. The molecule has 7 heteroatoms. The van der Waals surface area contributed by atoms with E-state index in [-0.39, 0.29) is 11.8 Å². The number of fused-ring (bicyclic) bond motifs is 1. The Morgan fingerprint density at radius 2 is 2.00 bits per heavy atom. The van der Waals surface area contributed by atoms with E-state index in [1.807, 2.05) is 12.1 Å². The molecule has 6 nitrogen and oxygen atoms in total. The smallest absolute Gasteiger partial charge is 0.341 e. The number of ether oxygens (including phenoxy) is 2. The predicted molar refractivity (Wildman–Crippen MR) is 97.1 cm³/mol. The average Bonchev–Trinajstić information content (AvgIpc) is 2.65. The summed E-state index contributed by atoms with van der Waals surface area (Å²) in [6.45, 7) is -0.0902. The van der Waals surface area contributed by atoms with Gasteiger partial charge in [0.05, 0.1) is 5.92 Å². The summed E-state index contributed by atoms with van der Waals surface area (Å²) in [4.78, 5) is 24.9. The van der Waals surface area contributed by atoms with Crippen LogP contribution in [0.3, 0.4) is 0 Å². The average molecular weight is 376 g/mol. The summed E-state index contributed by atoms with van der Waals surface area (Å²) < 4.78 is 10.8. The Morgan fingerprint density at radius 1 is 1.27 bits per heavy atom. The van der Waals surface area contributed by atoms with Gasteiger partial charge in [0.1, 0.15) is 18.1 Å². The number of carbonyl (C=O) groups excluding carboxylic acids is 1. The van der Waals surface area contributed by atoms with E-state index in [1.54, 1.807) is 42.3 Å². The molecule has 0 spiro atoms. The molecule has 1 N–H and O–H groups in total. The van der Waals surface area contributed by atoms with Crippen molar-refractivity contribution < 1.29 is 24.2 Å². The van der Waals surface area contributed by atoms with Gasteiger partial charge in [-0.2, -0.15) is 0 Å². The molecule has 3 rings (SSSR count). The van der Waals surface area contributed by atoms with E-state index in [1.165, 1.54) is 0 Å². The highest BCUT2D eigenvalue weighted by molar-refractivity contribution is 6.30. The summed E-state index contributed by atoms with van der Waals surface area (Å²) in [6, 6.07) is 12.1. The van der Waals surface area contributed by atoms with E-state index in [0.29, 0.717) is 29.5 Å². The van der Waals surface area contributed by atoms with Crippen molar-refractivity contribution in [2.24, 2.45) is 5.92 Å². The third kappa shape index (κ3) is 4.08. The highest BCUT2D eigenvalue weighted by atomic mass is 35.5. The lowest BCUT2D eigenvalue weighted by atomic mass is 9.95. The third-order valence-corrected chi connectivity index (χ3v) is 4.43. The Morgan fingerprint density at radius 3 is 2.69 bits per heavy atom. The summed E-state index contributed by atoms with van der Waals surface area (Å²) in [5, 5.41) is 9.24. The fourth-order valence-electron chi connectivity index (χ4n) is 2.83. The maximum Gasteiger partial charge on any atom is 0.341 e. The Balaban J connectivity index is 1.67. The van der Waals surface area contributed by atoms with E-state index in [4.69, 9.17) is 26.2 Å². The monoisotopic (exact) mass is 375 g/mol. The van der Waals surface area contributed by atoms with E-state index >= 15 is 0 Å². The van der Waals surface area contributed by atoms with Gasteiger partial charge in [0.15, 0.2) is 6.61 Å². The minimum Gasteiger partial charge on any atom is -0.492 e. The van der Waals surface area contributed by atoms with Crippen LogP contribution in [0.5, 0.6) is 11.5 Å². The van der Waals surface area contributed by atoms with Crippen LogP contribution in [0.1, 0.15) is 5.56 Å². The first-order chi connectivity index (χ1) is 12.4. The van der Waals surface area contributed by atoms with Crippen molar-refractivity contribution in [2.75, 3.05) is 25.2 Å². The van der Waals surface area contributed by atoms with Crippen molar-refractivity contribution in [3.63, 3.8) is 0 Å². The lowest BCUT2D eigenvalue weighted by Crippen LogP contribution is -2.38. The van der Waals surface area contributed by atoms with Gasteiger partial charge in [-0.05, 0) is 54.4 Å². The number of carboxylic acid groups (broad SMARTS) is 1. The number of hydrogen-bond donors (Lipinski definition) is 1. The highest BCUT2D eigenvalue weighted by Crippen LogP contribution is 2.31. The Hall–Kier alpha value is -2.73. The highest BCUT2D eigenvalue weighted by Gasteiger charge is 2.29. The lowest BCUT2D eigenvalue weighted by Gasteiger charge is -2.28. The number of nitrogens with zero attached hydrogens (tertiary/aromatic N) is 1. The van der Waals surface area contributed by atoms with Gasteiger partial charge in [0.2, 0.25) is 5.91 Å². The first-order valence-corrected chi connectivity index (χ1v) is 8.45. The Bertz CT molecular complexity index is 821. The summed E-state index contributed by atoms with van der Waals surface area (Å²) >= 11 is 6.02. The molecule has 1 heterocycles. The van der Waals surface area contributed by atoms with Crippen LogP contribution < -0.4 is 14.4 Å². The zero-order valence-electron chi connectivity index (χ0n) is 14.1. The number of benzene rings is 2. The maximum absolute atomic E-state index is 12.8. The van der Waals surface area contributed by atoms with Crippen molar-refractivity contribution in [1.82, 2.24) is 0 Å². The van der Waals surface area contributed by atoms with Crippen molar-refractivity contribution >= 4 is 29.2 Å². The molecule has 26 heavy (non-hydrogen) atoms. The molecule has 0 saturated carbocycles. The summed E-state index contributed by atoms with van der Waals surface area (Å²) in [5.41, 5.74) is 1.61. The number of amides is 1. The number of hydrogen-bond acceptors (Lipinski definition) is 4. The summed E-state index contributed by atoms with van der Waals surface area (Å²) in [5.74, 6) is -0.203. The largest absolute Gasteiger partial charge is 0.492 e. The van der Waals surface area contributed by atoms with Crippen LogP contribution in [0.25, 0.3) is 0 Å². The molecule has 136 valence electrons. The van der Waals surface area contributed by atoms with Crippen LogP contribution in [0.15, 0.2) is 42.5 Å². The van der Waals surface area contributed by atoms with Crippen molar-refractivity contribution in [3.05, 3.63) is 53.1 Å². The predicted octanol–water partition coefficient (Wildman–Crippen LogP) is 3.02. The first kappa shape index (κ1) is 18.1. The van der Waals surface area contributed by atoms with Crippen molar-refractivity contribution in [2.45, 2.75) is 6.42 Å². The molecule has 0 bridgehead atoms. The van der Waals surface area contributed by atoms with Crippen LogP contribution in [-0.4, -0.2) is 37.2 Å². The molecule has 2 aromatic carbocycles. The Kier molecular flexibility index (Phi) is 5.32. The second-order valence-electron chi connectivity index (χ2n) is 6.04.